The summed E-state index contributed by atoms with van der Waals surface area (Å²) in [5.74, 6) is -0.774. The molecule has 1 aliphatic rings. The summed E-state index contributed by atoms with van der Waals surface area (Å²) in [5.41, 5.74) is 1.13. The maximum atomic E-state index is 13.3. The van der Waals surface area contributed by atoms with Crippen LogP contribution in [0, 0.1) is 0 Å². The van der Waals surface area contributed by atoms with Gasteiger partial charge in [-0.3, -0.25) is 19.6 Å². The van der Waals surface area contributed by atoms with Crippen molar-refractivity contribution in [3.05, 3.63) is 70.1 Å². The second-order valence-corrected chi connectivity index (χ2v) is 10.8. The van der Waals surface area contributed by atoms with E-state index in [4.69, 9.17) is 9.47 Å². The fraction of sp³-hybridized carbons (Fsp3) is 0.240. The molecule has 194 valence electrons. The summed E-state index contributed by atoms with van der Waals surface area (Å²) >= 11 is 1.26. The number of para-hydroxylation sites is 1. The van der Waals surface area contributed by atoms with Gasteiger partial charge in [0.15, 0.2) is 0 Å². The third kappa shape index (κ3) is 5.75. The van der Waals surface area contributed by atoms with Crippen LogP contribution >= 0.6 is 11.3 Å². The number of hydrogen-bond donors (Lipinski definition) is 3. The van der Waals surface area contributed by atoms with Crippen LogP contribution in [0.2, 0.25) is 0 Å². The molecular formula is C25H25N3O7S2. The summed E-state index contributed by atoms with van der Waals surface area (Å²) in [6, 6.07) is 12.0. The van der Waals surface area contributed by atoms with Gasteiger partial charge in [-0.05, 0) is 68.1 Å². The zero-order valence-electron chi connectivity index (χ0n) is 20.1. The highest BCUT2D eigenvalue weighted by Crippen LogP contribution is 2.39. The number of imide groups is 1. The molecule has 2 aromatic carbocycles. The molecule has 0 saturated carbocycles. The van der Waals surface area contributed by atoms with Gasteiger partial charge in [-0.1, -0.05) is 12.1 Å². The van der Waals surface area contributed by atoms with E-state index in [0.29, 0.717) is 12.2 Å². The predicted molar refractivity (Wildman–Crippen MR) is 139 cm³/mol. The summed E-state index contributed by atoms with van der Waals surface area (Å²) in [5, 5.41) is 5.21. The Morgan fingerprint density at radius 3 is 2.43 bits per heavy atom. The summed E-state index contributed by atoms with van der Waals surface area (Å²) in [6.07, 6.45) is 1.39. The van der Waals surface area contributed by atoms with Crippen molar-refractivity contribution in [3.8, 4) is 5.75 Å². The van der Waals surface area contributed by atoms with Gasteiger partial charge in [0, 0.05) is 4.88 Å². The van der Waals surface area contributed by atoms with Crippen LogP contribution in [0.4, 0.5) is 15.5 Å². The van der Waals surface area contributed by atoms with Crippen molar-refractivity contribution < 1.29 is 32.3 Å². The zero-order valence-corrected chi connectivity index (χ0v) is 21.8. The number of hydrogen-bond acceptors (Lipinski definition) is 8. The number of thiophene rings is 1. The molecule has 1 aromatic heterocycles. The molecule has 1 heterocycles. The van der Waals surface area contributed by atoms with E-state index in [2.05, 4.69) is 15.4 Å². The first-order valence-electron chi connectivity index (χ1n) is 11.4. The molecule has 0 radical (unpaired) electrons. The highest BCUT2D eigenvalue weighted by atomic mass is 32.2. The number of sulfonamides is 1. The smallest absolute Gasteiger partial charge is 0.414 e. The largest absolute Gasteiger partial charge is 0.497 e. The molecule has 10 nitrogen and oxygen atoms in total. The molecular weight excluding hydrogens is 518 g/mol. The number of fused-ring (bicyclic) bond motifs is 1. The van der Waals surface area contributed by atoms with E-state index < -0.39 is 27.9 Å². The molecule has 0 bridgehead atoms. The monoisotopic (exact) mass is 543 g/mol. The molecule has 12 heteroatoms. The Labute approximate surface area is 218 Å². The van der Waals surface area contributed by atoms with E-state index in [9.17, 15) is 22.8 Å². The lowest BCUT2D eigenvalue weighted by Gasteiger charge is -2.13. The molecule has 0 atom stereocenters. The Kier molecular flexibility index (Phi) is 7.79. The minimum Gasteiger partial charge on any atom is -0.497 e. The Morgan fingerprint density at radius 1 is 1.00 bits per heavy atom. The first-order chi connectivity index (χ1) is 17.7. The highest BCUT2D eigenvalue weighted by molar-refractivity contribution is 7.92. The van der Waals surface area contributed by atoms with Crippen molar-refractivity contribution in [3.63, 3.8) is 0 Å². The number of ether oxygens (including phenoxy) is 2. The third-order valence-corrected chi connectivity index (χ3v) is 8.24. The van der Waals surface area contributed by atoms with Crippen LogP contribution in [-0.2, 0) is 27.6 Å². The topological polar surface area (TPSA) is 140 Å². The van der Waals surface area contributed by atoms with Crippen LogP contribution in [0.15, 0.2) is 53.4 Å². The van der Waals surface area contributed by atoms with E-state index in [0.717, 1.165) is 23.3 Å². The van der Waals surface area contributed by atoms with Crippen LogP contribution < -0.4 is 20.1 Å². The van der Waals surface area contributed by atoms with Gasteiger partial charge in [-0.15, -0.1) is 11.3 Å². The molecule has 4 rings (SSSR count). The van der Waals surface area contributed by atoms with Gasteiger partial charge in [0.25, 0.3) is 21.8 Å². The molecule has 0 spiro atoms. The molecule has 37 heavy (non-hydrogen) atoms. The van der Waals surface area contributed by atoms with Crippen molar-refractivity contribution in [2.24, 2.45) is 0 Å². The van der Waals surface area contributed by atoms with Crippen LogP contribution in [0.3, 0.4) is 0 Å². The Morgan fingerprint density at radius 2 is 1.73 bits per heavy atom. The summed E-state index contributed by atoms with van der Waals surface area (Å²) in [6.45, 7) is 1.73. The second-order valence-electron chi connectivity index (χ2n) is 8.02. The molecule has 3 amide bonds. The molecule has 1 aliphatic carbocycles. The fourth-order valence-corrected chi connectivity index (χ4v) is 6.32. The van der Waals surface area contributed by atoms with Crippen molar-refractivity contribution >= 4 is 50.0 Å². The number of carbonyl (C=O) groups excluding carboxylic acids is 3. The van der Waals surface area contributed by atoms with Crippen molar-refractivity contribution in [2.45, 2.75) is 31.1 Å². The quantitative estimate of drug-likeness (QED) is 0.387. The molecule has 3 N–H and O–H groups in total. The summed E-state index contributed by atoms with van der Waals surface area (Å²) < 4.78 is 38.2. The van der Waals surface area contributed by atoms with E-state index in [-0.39, 0.29) is 33.3 Å². The van der Waals surface area contributed by atoms with Crippen LogP contribution in [0.1, 0.15) is 44.5 Å². The van der Waals surface area contributed by atoms with Gasteiger partial charge in [-0.2, -0.15) is 0 Å². The molecule has 0 fully saturated rings. The molecule has 0 aliphatic heterocycles. The minimum atomic E-state index is -4.00. The van der Waals surface area contributed by atoms with Gasteiger partial charge in [0.1, 0.15) is 10.8 Å². The second kappa shape index (κ2) is 11.0. The average Bonchev–Trinajstić information content (AvgIpc) is 3.45. The number of anilines is 2. The minimum absolute atomic E-state index is 0.00360. The van der Waals surface area contributed by atoms with E-state index in [1.165, 1.54) is 54.8 Å². The van der Waals surface area contributed by atoms with Gasteiger partial charge < -0.3 is 14.8 Å². The number of alkyl carbamates (subject to hydrolysis) is 1. The fourth-order valence-electron chi connectivity index (χ4n) is 3.95. The Bertz CT molecular complexity index is 1450. The number of benzene rings is 2. The van der Waals surface area contributed by atoms with Crippen molar-refractivity contribution in [2.75, 3.05) is 23.8 Å². The van der Waals surface area contributed by atoms with Gasteiger partial charge in [0.05, 0.1) is 35.4 Å². The van der Waals surface area contributed by atoms with Crippen LogP contribution in [0.25, 0.3) is 0 Å². The van der Waals surface area contributed by atoms with Crippen LogP contribution in [0.5, 0.6) is 5.75 Å². The summed E-state index contributed by atoms with van der Waals surface area (Å²) in [4.78, 5) is 39.0. The SMILES string of the molecule is CCOC(=O)NC(=O)c1c(NC(=O)c2ccccc2NS(=O)(=O)c2ccc(OC)cc2)sc2c1CCC2. The van der Waals surface area contributed by atoms with Gasteiger partial charge in [-0.25, -0.2) is 13.2 Å². The van der Waals surface area contributed by atoms with Gasteiger partial charge in [0.2, 0.25) is 0 Å². The lowest BCUT2D eigenvalue weighted by atomic mass is 10.1. The molecule has 3 aromatic rings. The van der Waals surface area contributed by atoms with E-state index in [1.54, 1.807) is 19.1 Å². The number of carbonyl (C=O) groups is 3. The number of nitrogens with one attached hydrogen (secondary N) is 3. The normalized spacial score (nSPS) is 12.4. The Balaban J connectivity index is 1.60. The number of amides is 3. The average molecular weight is 544 g/mol. The van der Waals surface area contributed by atoms with Crippen molar-refractivity contribution in [1.29, 1.82) is 0 Å². The summed E-state index contributed by atoms with van der Waals surface area (Å²) in [7, 11) is -2.53. The standard InChI is InChI=1S/C25H25N3O7S2/c1-3-35-25(31)27-23(30)21-18-8-6-10-20(18)36-24(21)26-22(29)17-7-4-5-9-19(17)28-37(32,33)16-13-11-15(34-2)12-14-16/h4-5,7,9,11-14,28H,3,6,8,10H2,1-2H3,(H,26,29)(H,27,30,31). The van der Waals surface area contributed by atoms with Crippen molar-refractivity contribution in [1.82, 2.24) is 5.32 Å². The van der Waals surface area contributed by atoms with E-state index in [1.807, 2.05) is 0 Å². The number of aryl methyl sites for hydroxylation is 1. The Hall–Kier alpha value is -3.90. The third-order valence-electron chi connectivity index (χ3n) is 5.65. The zero-order chi connectivity index (χ0) is 26.6. The van der Waals surface area contributed by atoms with E-state index >= 15 is 0 Å². The first kappa shape index (κ1) is 26.2. The lowest BCUT2D eigenvalue weighted by Crippen LogP contribution is -2.32. The van der Waals surface area contributed by atoms with Crippen LogP contribution in [-0.4, -0.2) is 40.0 Å². The predicted octanol–water partition coefficient (Wildman–Crippen LogP) is 4.18. The molecule has 0 unspecified atom stereocenters. The number of methoxy groups -OCH3 is 1. The maximum Gasteiger partial charge on any atom is 0.414 e. The maximum absolute atomic E-state index is 13.3. The lowest BCUT2D eigenvalue weighted by molar-refractivity contribution is 0.0925. The molecule has 0 saturated heterocycles. The van der Waals surface area contributed by atoms with Gasteiger partial charge >= 0.3 is 6.09 Å². The number of rotatable bonds is 8. The highest BCUT2D eigenvalue weighted by Gasteiger charge is 2.29. The first-order valence-corrected chi connectivity index (χ1v) is 13.7.